The minimum atomic E-state index is -0.209. The highest BCUT2D eigenvalue weighted by Gasteiger charge is 2.15. The quantitative estimate of drug-likeness (QED) is 0.777. The van der Waals surface area contributed by atoms with E-state index in [1.807, 2.05) is 0 Å². The molecule has 1 fully saturated rings. The van der Waals surface area contributed by atoms with Crippen LogP contribution >= 0.6 is 0 Å². The summed E-state index contributed by atoms with van der Waals surface area (Å²) in [4.78, 5) is 2.45. The second-order valence-electron chi connectivity index (χ2n) is 5.37. The number of rotatable bonds is 7. The van der Waals surface area contributed by atoms with Gasteiger partial charge in [0.05, 0.1) is 6.04 Å². The van der Waals surface area contributed by atoms with Crippen molar-refractivity contribution in [3.8, 4) is 0 Å². The molecule has 1 saturated heterocycles. The molecule has 0 aliphatic carbocycles. The van der Waals surface area contributed by atoms with E-state index in [9.17, 15) is 0 Å². The molecular formula is C16H26N2O2. The molecule has 4 nitrogen and oxygen atoms in total. The lowest BCUT2D eigenvalue weighted by molar-refractivity contribution is -0.119. The summed E-state index contributed by atoms with van der Waals surface area (Å²) in [5.74, 6) is 0. The highest BCUT2D eigenvalue weighted by atomic mass is 16.7. The van der Waals surface area contributed by atoms with Crippen LogP contribution in [0.15, 0.2) is 24.3 Å². The van der Waals surface area contributed by atoms with Crippen LogP contribution in [0.25, 0.3) is 0 Å². The predicted molar refractivity (Wildman–Crippen MR) is 82.0 cm³/mol. The Morgan fingerprint density at radius 2 is 1.70 bits per heavy atom. The molecule has 0 saturated carbocycles. The van der Waals surface area contributed by atoms with E-state index < -0.39 is 0 Å². The lowest BCUT2D eigenvalue weighted by atomic mass is 10.2. The van der Waals surface area contributed by atoms with E-state index in [1.54, 1.807) is 14.2 Å². The Bertz CT molecular complexity index is 384. The van der Waals surface area contributed by atoms with Gasteiger partial charge in [-0.25, -0.2) is 0 Å². The van der Waals surface area contributed by atoms with Gasteiger partial charge >= 0.3 is 0 Å². The van der Waals surface area contributed by atoms with E-state index in [0.717, 1.165) is 6.54 Å². The topological polar surface area (TPSA) is 33.7 Å². The molecule has 2 rings (SSSR count). The molecule has 1 N–H and O–H groups in total. The van der Waals surface area contributed by atoms with Crippen LogP contribution in [0.1, 0.15) is 25.3 Å². The molecule has 1 heterocycles. The highest BCUT2D eigenvalue weighted by Crippen LogP contribution is 2.20. The first-order chi connectivity index (χ1) is 9.74. The van der Waals surface area contributed by atoms with Gasteiger partial charge in [-0.2, -0.15) is 0 Å². The van der Waals surface area contributed by atoms with Crippen molar-refractivity contribution in [3.05, 3.63) is 29.8 Å². The van der Waals surface area contributed by atoms with Gasteiger partial charge in [0, 0.05) is 39.5 Å². The van der Waals surface area contributed by atoms with Gasteiger partial charge in [-0.3, -0.25) is 0 Å². The molecule has 0 bridgehead atoms. The number of hydrogen-bond acceptors (Lipinski definition) is 4. The molecule has 20 heavy (non-hydrogen) atoms. The average Bonchev–Trinajstić information content (AvgIpc) is 3.01. The summed E-state index contributed by atoms with van der Waals surface area (Å²) >= 11 is 0. The standard InChI is InChI=1S/C16H26N2O2/c1-13(16(19-2)20-3)17-12-14-6-8-15(9-7-14)18-10-4-5-11-18/h6-9,13,16-17H,4-5,10-12H2,1-3H3. The van der Waals surface area contributed by atoms with Crippen LogP contribution in [-0.4, -0.2) is 39.6 Å². The fourth-order valence-corrected chi connectivity index (χ4v) is 2.68. The minimum Gasteiger partial charge on any atom is -0.372 e. The Labute approximate surface area is 122 Å². The van der Waals surface area contributed by atoms with Crippen LogP contribution in [0.2, 0.25) is 0 Å². The van der Waals surface area contributed by atoms with E-state index in [-0.39, 0.29) is 12.3 Å². The first kappa shape index (κ1) is 15.3. The summed E-state index contributed by atoms with van der Waals surface area (Å²) in [6, 6.07) is 8.99. The molecule has 0 spiro atoms. The summed E-state index contributed by atoms with van der Waals surface area (Å²) in [6.07, 6.45) is 2.42. The van der Waals surface area contributed by atoms with Gasteiger partial charge in [-0.05, 0) is 37.5 Å². The first-order valence-corrected chi connectivity index (χ1v) is 7.37. The summed E-state index contributed by atoms with van der Waals surface area (Å²) in [7, 11) is 3.33. The Morgan fingerprint density at radius 1 is 1.10 bits per heavy atom. The fraction of sp³-hybridized carbons (Fsp3) is 0.625. The third-order valence-electron chi connectivity index (χ3n) is 3.91. The van der Waals surface area contributed by atoms with E-state index in [2.05, 4.69) is 41.4 Å². The number of benzene rings is 1. The van der Waals surface area contributed by atoms with Crippen LogP contribution in [0.3, 0.4) is 0 Å². The second-order valence-corrected chi connectivity index (χ2v) is 5.37. The van der Waals surface area contributed by atoms with Gasteiger partial charge in [0.25, 0.3) is 0 Å². The molecule has 0 amide bonds. The number of ether oxygens (including phenoxy) is 2. The van der Waals surface area contributed by atoms with Crippen molar-refractivity contribution >= 4 is 5.69 Å². The highest BCUT2D eigenvalue weighted by molar-refractivity contribution is 5.48. The van der Waals surface area contributed by atoms with Gasteiger partial charge in [-0.15, -0.1) is 0 Å². The second kappa shape index (κ2) is 7.62. The van der Waals surface area contributed by atoms with E-state index >= 15 is 0 Å². The number of hydrogen-bond donors (Lipinski definition) is 1. The Hall–Kier alpha value is -1.10. The number of methoxy groups -OCH3 is 2. The number of nitrogens with one attached hydrogen (secondary N) is 1. The number of nitrogens with zero attached hydrogens (tertiary/aromatic N) is 1. The summed E-state index contributed by atoms with van der Waals surface area (Å²) in [5.41, 5.74) is 2.62. The van der Waals surface area contributed by atoms with E-state index in [1.165, 1.54) is 37.2 Å². The zero-order valence-corrected chi connectivity index (χ0v) is 12.8. The molecule has 1 aliphatic heterocycles. The maximum atomic E-state index is 5.24. The summed E-state index contributed by atoms with van der Waals surface area (Å²) < 4.78 is 10.5. The van der Waals surface area contributed by atoms with Gasteiger partial charge in [-0.1, -0.05) is 12.1 Å². The van der Waals surface area contributed by atoms with Gasteiger partial charge in [0.1, 0.15) is 0 Å². The molecule has 1 aliphatic rings. The Balaban J connectivity index is 1.84. The van der Waals surface area contributed by atoms with Crippen LogP contribution < -0.4 is 10.2 Å². The van der Waals surface area contributed by atoms with Crippen molar-refractivity contribution in [2.75, 3.05) is 32.2 Å². The Morgan fingerprint density at radius 3 is 2.25 bits per heavy atom. The minimum absolute atomic E-state index is 0.156. The molecule has 1 aromatic rings. The number of anilines is 1. The van der Waals surface area contributed by atoms with Crippen LogP contribution in [0, 0.1) is 0 Å². The first-order valence-electron chi connectivity index (χ1n) is 7.37. The third-order valence-corrected chi connectivity index (χ3v) is 3.91. The third kappa shape index (κ3) is 3.95. The lowest BCUT2D eigenvalue weighted by Crippen LogP contribution is -2.39. The smallest absolute Gasteiger partial charge is 0.171 e. The summed E-state index contributed by atoms with van der Waals surface area (Å²) in [6.45, 7) is 5.27. The van der Waals surface area contributed by atoms with Crippen molar-refractivity contribution in [3.63, 3.8) is 0 Å². The zero-order valence-electron chi connectivity index (χ0n) is 12.8. The van der Waals surface area contributed by atoms with E-state index in [0.29, 0.717) is 0 Å². The van der Waals surface area contributed by atoms with Crippen molar-refractivity contribution in [2.24, 2.45) is 0 Å². The van der Waals surface area contributed by atoms with Crippen LogP contribution in [-0.2, 0) is 16.0 Å². The van der Waals surface area contributed by atoms with Gasteiger partial charge < -0.3 is 19.7 Å². The lowest BCUT2D eigenvalue weighted by Gasteiger charge is -2.22. The molecule has 1 unspecified atom stereocenters. The molecule has 1 atom stereocenters. The SMILES string of the molecule is COC(OC)C(C)NCc1ccc(N2CCCC2)cc1. The maximum Gasteiger partial charge on any atom is 0.171 e. The van der Waals surface area contributed by atoms with Gasteiger partial charge in [0.2, 0.25) is 0 Å². The zero-order chi connectivity index (χ0) is 14.4. The molecule has 0 radical (unpaired) electrons. The van der Waals surface area contributed by atoms with Crippen LogP contribution in [0.4, 0.5) is 5.69 Å². The van der Waals surface area contributed by atoms with Gasteiger partial charge in [0.15, 0.2) is 6.29 Å². The Kier molecular flexibility index (Phi) is 5.83. The fourth-order valence-electron chi connectivity index (χ4n) is 2.68. The summed E-state index contributed by atoms with van der Waals surface area (Å²) in [5, 5.41) is 3.43. The van der Waals surface area contributed by atoms with Crippen molar-refractivity contribution < 1.29 is 9.47 Å². The monoisotopic (exact) mass is 278 g/mol. The largest absolute Gasteiger partial charge is 0.372 e. The molecule has 112 valence electrons. The van der Waals surface area contributed by atoms with Crippen molar-refractivity contribution in [2.45, 2.75) is 38.6 Å². The molecule has 1 aromatic carbocycles. The molecule has 0 aromatic heterocycles. The maximum absolute atomic E-state index is 5.24. The van der Waals surface area contributed by atoms with Crippen molar-refractivity contribution in [1.82, 2.24) is 5.32 Å². The normalized spacial score (nSPS) is 16.9. The van der Waals surface area contributed by atoms with Crippen molar-refractivity contribution in [1.29, 1.82) is 0 Å². The molecular weight excluding hydrogens is 252 g/mol. The molecule has 4 heteroatoms. The van der Waals surface area contributed by atoms with Crippen LogP contribution in [0.5, 0.6) is 0 Å². The average molecular weight is 278 g/mol. The van der Waals surface area contributed by atoms with E-state index in [4.69, 9.17) is 9.47 Å². The predicted octanol–water partition coefficient (Wildman–Crippen LogP) is 2.38.